The van der Waals surface area contributed by atoms with Crippen molar-refractivity contribution in [2.45, 2.75) is 65.0 Å². The van der Waals surface area contributed by atoms with Crippen molar-refractivity contribution in [2.75, 3.05) is 26.2 Å². The van der Waals surface area contributed by atoms with Gasteiger partial charge in [0.1, 0.15) is 16.5 Å². The van der Waals surface area contributed by atoms with Crippen molar-refractivity contribution >= 4 is 29.2 Å². The Morgan fingerprint density at radius 2 is 1.97 bits per heavy atom. The van der Waals surface area contributed by atoms with E-state index >= 15 is 0 Å². The van der Waals surface area contributed by atoms with Gasteiger partial charge in [0, 0.05) is 26.2 Å². The van der Waals surface area contributed by atoms with Crippen LogP contribution in [0.3, 0.4) is 0 Å². The van der Waals surface area contributed by atoms with Crippen LogP contribution in [0.1, 0.15) is 61.8 Å². The van der Waals surface area contributed by atoms with Crippen molar-refractivity contribution in [3.63, 3.8) is 0 Å². The molecule has 2 aliphatic heterocycles. The number of likely N-dealkylation sites (tertiary alicyclic amines) is 2. The molecule has 0 saturated carbocycles. The first-order chi connectivity index (χ1) is 14.2. The maximum Gasteiger partial charge on any atom is 0.410 e. The number of aryl methyl sites for hydroxylation is 1. The molecule has 1 N–H and O–H groups in total. The molecule has 9 heteroatoms. The van der Waals surface area contributed by atoms with Crippen molar-refractivity contribution in [3.05, 3.63) is 16.1 Å². The number of carbonyl (C=O) groups excluding carboxylic acids is 3. The summed E-state index contributed by atoms with van der Waals surface area (Å²) < 4.78 is 5.44. The van der Waals surface area contributed by atoms with E-state index in [0.717, 1.165) is 31.5 Å². The molecule has 30 heavy (non-hydrogen) atoms. The molecule has 0 spiro atoms. The smallest absolute Gasteiger partial charge is 0.410 e. The minimum absolute atomic E-state index is 0.0259. The van der Waals surface area contributed by atoms with Crippen LogP contribution in [0.4, 0.5) is 4.79 Å². The van der Waals surface area contributed by atoms with Crippen molar-refractivity contribution in [1.29, 1.82) is 0 Å². The molecule has 1 aromatic rings. The van der Waals surface area contributed by atoms with Crippen LogP contribution in [0.25, 0.3) is 0 Å². The molecule has 0 aliphatic carbocycles. The largest absolute Gasteiger partial charge is 0.444 e. The van der Waals surface area contributed by atoms with Crippen LogP contribution < -0.4 is 5.32 Å². The number of nitrogens with zero attached hydrogens (tertiary/aromatic N) is 3. The molecule has 3 rings (SSSR count). The van der Waals surface area contributed by atoms with Gasteiger partial charge in [-0.3, -0.25) is 14.5 Å². The van der Waals surface area contributed by atoms with Crippen LogP contribution in [0.15, 0.2) is 5.51 Å². The molecule has 2 fully saturated rings. The van der Waals surface area contributed by atoms with Gasteiger partial charge in [0.25, 0.3) is 5.91 Å². The second-order valence-corrected chi connectivity index (χ2v) is 9.96. The molecule has 166 valence electrons. The number of amides is 3. The van der Waals surface area contributed by atoms with E-state index in [1.54, 1.807) is 5.51 Å². The summed E-state index contributed by atoms with van der Waals surface area (Å²) in [5.74, 6) is 0.0919. The van der Waals surface area contributed by atoms with E-state index in [2.05, 4.69) is 10.3 Å². The highest BCUT2D eigenvalue weighted by Crippen LogP contribution is 2.23. The van der Waals surface area contributed by atoms with Crippen molar-refractivity contribution in [1.82, 2.24) is 20.1 Å². The van der Waals surface area contributed by atoms with Crippen molar-refractivity contribution in [3.8, 4) is 0 Å². The first-order valence-electron chi connectivity index (χ1n) is 10.6. The summed E-state index contributed by atoms with van der Waals surface area (Å²) in [6.45, 7) is 9.70. The summed E-state index contributed by atoms with van der Waals surface area (Å²) in [5, 5.41) is 3.01. The molecule has 0 aromatic carbocycles. The van der Waals surface area contributed by atoms with Gasteiger partial charge < -0.3 is 15.0 Å². The van der Waals surface area contributed by atoms with Crippen LogP contribution in [0.2, 0.25) is 0 Å². The first kappa shape index (κ1) is 22.5. The topological polar surface area (TPSA) is 91.8 Å². The molecule has 2 saturated heterocycles. The average Bonchev–Trinajstić information content (AvgIpc) is 3.33. The third-order valence-corrected chi connectivity index (χ3v) is 6.41. The standard InChI is InChI=1S/C21H32N4O4S/c1-14-17(30-13-23-14)19(27)24-9-5-7-15(12-24)11-22-18(26)16-8-6-10-25(16)20(28)29-21(2,3)4/h13,15-16H,5-12H2,1-4H3,(H,22,26)/t15-,16-/m1/s1. The number of nitrogens with one attached hydrogen (secondary N) is 1. The van der Waals surface area contributed by atoms with Gasteiger partial charge in [0.2, 0.25) is 5.91 Å². The van der Waals surface area contributed by atoms with Gasteiger partial charge in [0.15, 0.2) is 0 Å². The highest BCUT2D eigenvalue weighted by atomic mass is 32.1. The fourth-order valence-electron chi connectivity index (χ4n) is 4.01. The summed E-state index contributed by atoms with van der Waals surface area (Å²) in [6, 6.07) is -0.485. The van der Waals surface area contributed by atoms with E-state index < -0.39 is 17.7 Å². The normalized spacial score (nSPS) is 22.1. The van der Waals surface area contributed by atoms with Crippen LogP contribution >= 0.6 is 11.3 Å². The average molecular weight is 437 g/mol. The molecule has 2 aliphatic rings. The Kier molecular flexibility index (Phi) is 7.00. The number of hydrogen-bond acceptors (Lipinski definition) is 6. The van der Waals surface area contributed by atoms with Crippen molar-refractivity contribution in [2.24, 2.45) is 5.92 Å². The lowest BCUT2D eigenvalue weighted by atomic mass is 9.97. The first-order valence-corrected chi connectivity index (χ1v) is 11.5. The van der Waals surface area contributed by atoms with E-state index in [4.69, 9.17) is 4.74 Å². The summed E-state index contributed by atoms with van der Waals surface area (Å²) in [5.41, 5.74) is 1.88. The van der Waals surface area contributed by atoms with E-state index in [1.807, 2.05) is 32.6 Å². The lowest BCUT2D eigenvalue weighted by molar-refractivity contribution is -0.125. The summed E-state index contributed by atoms with van der Waals surface area (Å²) in [7, 11) is 0. The Bertz CT molecular complexity index is 788. The minimum atomic E-state index is -0.588. The van der Waals surface area contributed by atoms with Gasteiger partial charge >= 0.3 is 6.09 Å². The van der Waals surface area contributed by atoms with Gasteiger partial charge in [-0.25, -0.2) is 9.78 Å². The number of carbonyl (C=O) groups is 3. The zero-order valence-corrected chi connectivity index (χ0v) is 19.1. The fraction of sp³-hybridized carbons (Fsp3) is 0.714. The number of ether oxygens (including phenoxy) is 1. The number of rotatable bonds is 4. The fourth-order valence-corrected chi connectivity index (χ4v) is 4.78. The lowest BCUT2D eigenvalue weighted by Crippen LogP contribution is -2.49. The summed E-state index contributed by atoms with van der Waals surface area (Å²) in [6.07, 6.45) is 2.88. The zero-order chi connectivity index (χ0) is 21.9. The third kappa shape index (κ3) is 5.50. The molecular weight excluding hydrogens is 404 g/mol. The molecule has 3 heterocycles. The molecular formula is C21H32N4O4S. The number of hydrogen-bond donors (Lipinski definition) is 1. The summed E-state index contributed by atoms with van der Waals surface area (Å²) in [4.78, 5) is 46.2. The van der Waals surface area contributed by atoms with Crippen LogP contribution in [0, 0.1) is 12.8 Å². The van der Waals surface area contributed by atoms with Gasteiger partial charge in [-0.05, 0) is 59.3 Å². The Morgan fingerprint density at radius 3 is 2.63 bits per heavy atom. The van der Waals surface area contributed by atoms with Gasteiger partial charge in [-0.2, -0.15) is 0 Å². The molecule has 0 unspecified atom stereocenters. The predicted octanol–water partition coefficient (Wildman–Crippen LogP) is 2.82. The SMILES string of the molecule is Cc1ncsc1C(=O)N1CCC[C@H](CNC(=O)[C@H]2CCCN2C(=O)OC(C)(C)C)C1. The van der Waals surface area contributed by atoms with E-state index in [9.17, 15) is 14.4 Å². The Labute approximate surface area is 182 Å². The second kappa shape index (κ2) is 9.32. The predicted molar refractivity (Wildman–Crippen MR) is 114 cm³/mol. The lowest BCUT2D eigenvalue weighted by Gasteiger charge is -2.33. The van der Waals surface area contributed by atoms with Gasteiger partial charge in [-0.1, -0.05) is 0 Å². The van der Waals surface area contributed by atoms with Gasteiger partial charge in [-0.15, -0.1) is 11.3 Å². The molecule has 3 amide bonds. The molecule has 1 aromatic heterocycles. The molecule has 0 radical (unpaired) electrons. The number of piperidine rings is 1. The van der Waals surface area contributed by atoms with Gasteiger partial charge in [0.05, 0.1) is 11.2 Å². The highest BCUT2D eigenvalue weighted by Gasteiger charge is 2.37. The molecule has 0 bridgehead atoms. The maximum atomic E-state index is 12.8. The zero-order valence-electron chi connectivity index (χ0n) is 18.3. The van der Waals surface area contributed by atoms with Crippen molar-refractivity contribution < 1.29 is 19.1 Å². The number of aromatic nitrogens is 1. The van der Waals surface area contributed by atoms with Crippen LogP contribution in [0.5, 0.6) is 0 Å². The quantitative estimate of drug-likeness (QED) is 0.784. The van der Waals surface area contributed by atoms with Crippen LogP contribution in [-0.2, 0) is 9.53 Å². The molecule has 2 atom stereocenters. The summed E-state index contributed by atoms with van der Waals surface area (Å²) >= 11 is 1.37. The number of thiazole rings is 1. The van der Waals surface area contributed by atoms with E-state index in [-0.39, 0.29) is 17.7 Å². The second-order valence-electron chi connectivity index (χ2n) is 9.10. The Balaban J connectivity index is 1.52. The third-order valence-electron chi connectivity index (χ3n) is 5.49. The Morgan fingerprint density at radius 1 is 1.23 bits per heavy atom. The highest BCUT2D eigenvalue weighted by molar-refractivity contribution is 7.11. The maximum absolute atomic E-state index is 12.8. The monoisotopic (exact) mass is 436 g/mol. The van der Waals surface area contributed by atoms with E-state index in [1.165, 1.54) is 16.2 Å². The van der Waals surface area contributed by atoms with E-state index in [0.29, 0.717) is 30.9 Å². The van der Waals surface area contributed by atoms with Crippen LogP contribution in [-0.4, -0.2) is 70.5 Å². The Hall–Kier alpha value is -2.16. The minimum Gasteiger partial charge on any atom is -0.444 e. The molecule has 8 nitrogen and oxygen atoms in total.